The van der Waals surface area contributed by atoms with Gasteiger partial charge in [0.2, 0.25) is 17.7 Å². The molecule has 1 aromatic heterocycles. The van der Waals surface area contributed by atoms with Crippen LogP contribution in [0.5, 0.6) is 0 Å². The van der Waals surface area contributed by atoms with Crippen molar-refractivity contribution < 1.29 is 70.5 Å². The van der Waals surface area contributed by atoms with Gasteiger partial charge in [-0.25, -0.2) is 13.6 Å². The number of halogens is 5. The third-order valence-corrected chi connectivity index (χ3v) is 11.1. The van der Waals surface area contributed by atoms with Crippen molar-refractivity contribution in [2.75, 3.05) is 37.7 Å². The second-order valence-corrected chi connectivity index (χ2v) is 17.7. The van der Waals surface area contributed by atoms with Gasteiger partial charge < -0.3 is 36.0 Å². The molecule has 4 rings (SSSR count). The molecule has 3 aromatic rings. The minimum Gasteiger partial charge on any atom is -0.481 e. The van der Waals surface area contributed by atoms with Gasteiger partial charge in [-0.15, -0.1) is 0 Å². The fourth-order valence-corrected chi connectivity index (χ4v) is 7.79. The number of aliphatic carboxylic acids is 2. The van der Waals surface area contributed by atoms with Crippen LogP contribution in [0, 0.1) is 17.0 Å². The van der Waals surface area contributed by atoms with Gasteiger partial charge in [0.25, 0.3) is 11.8 Å². The van der Waals surface area contributed by atoms with E-state index in [1.165, 1.54) is 11.8 Å². The number of carbonyl (C=O) groups is 8. The molecule has 1 aliphatic rings. The zero-order valence-corrected chi connectivity index (χ0v) is 38.5. The molecule has 0 unspecified atom stereocenters. The number of imide groups is 1. The van der Waals surface area contributed by atoms with E-state index in [4.69, 9.17) is 15.6 Å². The Morgan fingerprint density at radius 1 is 0.868 bits per heavy atom. The maximum absolute atomic E-state index is 15.1. The number of nitrogens with zero attached hydrogens (tertiary/aromatic N) is 3. The molecule has 0 aliphatic carbocycles. The maximum Gasteiger partial charge on any atom is 0.490 e. The van der Waals surface area contributed by atoms with Crippen LogP contribution < -0.4 is 16.4 Å². The van der Waals surface area contributed by atoms with Crippen LogP contribution in [0.15, 0.2) is 72.9 Å². The number of hydrogen-bond donors (Lipinski definition) is 5. The van der Waals surface area contributed by atoms with Crippen LogP contribution >= 0.6 is 11.8 Å². The first-order chi connectivity index (χ1) is 31.9. The number of rotatable bonds is 24. The Bertz CT molecular complexity index is 2280. The van der Waals surface area contributed by atoms with Crippen molar-refractivity contribution in [2.24, 2.45) is 11.1 Å². The Morgan fingerprint density at radius 3 is 2.10 bits per heavy atom. The number of nitrogens with one attached hydrogen (secondary N) is 2. The van der Waals surface area contributed by atoms with Gasteiger partial charge >= 0.3 is 18.1 Å². The highest BCUT2D eigenvalue weighted by Crippen LogP contribution is 2.41. The second-order valence-electron chi connectivity index (χ2n) is 16.6. The molecule has 0 saturated heterocycles. The first-order valence-electron chi connectivity index (χ1n) is 21.3. The number of carboxylic acid groups (broad SMARTS) is 2. The molecule has 0 radical (unpaired) electrons. The summed E-state index contributed by atoms with van der Waals surface area (Å²) in [5.74, 6) is -7.81. The molecule has 0 spiro atoms. The number of amides is 5. The van der Waals surface area contributed by atoms with E-state index < -0.39 is 83.2 Å². The summed E-state index contributed by atoms with van der Waals surface area (Å²) in [5.41, 5.74) is 7.62. The number of hydrogen-bond acceptors (Lipinski definition) is 10. The largest absolute Gasteiger partial charge is 0.490 e. The van der Waals surface area contributed by atoms with Crippen LogP contribution in [0.1, 0.15) is 76.6 Å². The third-order valence-electron chi connectivity index (χ3n) is 10.1. The van der Waals surface area contributed by atoms with E-state index in [1.54, 1.807) is 17.2 Å². The molecule has 5 amide bonds. The lowest BCUT2D eigenvalue weighted by Crippen LogP contribution is -2.44. The summed E-state index contributed by atoms with van der Waals surface area (Å²) in [6.45, 7) is 6.60. The molecule has 0 bridgehead atoms. The minimum absolute atomic E-state index is 0.00110. The van der Waals surface area contributed by atoms with Crippen molar-refractivity contribution in [2.45, 2.75) is 84.1 Å². The Morgan fingerprint density at radius 2 is 1.51 bits per heavy atom. The van der Waals surface area contributed by atoms with Crippen LogP contribution in [-0.4, -0.2) is 122 Å². The number of benzene rings is 2. The van der Waals surface area contributed by atoms with Gasteiger partial charge in [0.15, 0.2) is 5.78 Å². The minimum atomic E-state index is -5.08. The van der Waals surface area contributed by atoms with E-state index in [-0.39, 0.29) is 61.6 Å². The molecule has 370 valence electrons. The van der Waals surface area contributed by atoms with Gasteiger partial charge in [0.05, 0.1) is 17.8 Å². The van der Waals surface area contributed by atoms with Crippen molar-refractivity contribution in [3.8, 4) is 11.1 Å². The van der Waals surface area contributed by atoms with Gasteiger partial charge in [-0.3, -0.25) is 38.5 Å². The molecule has 2 atom stereocenters. The van der Waals surface area contributed by atoms with Crippen molar-refractivity contribution >= 4 is 59.0 Å². The predicted molar refractivity (Wildman–Crippen MR) is 240 cm³/mol. The van der Waals surface area contributed by atoms with E-state index in [9.17, 15) is 56.2 Å². The number of nitrogens with two attached hydrogens (primary N) is 1. The summed E-state index contributed by atoms with van der Waals surface area (Å²) in [7, 11) is 0. The average Bonchev–Trinajstić information content (AvgIpc) is 3.81. The highest BCUT2D eigenvalue weighted by Gasteiger charge is 2.39. The number of thioether (sulfide) groups is 1. The fraction of sp³-hybridized carbons (Fsp3) is 0.435. The van der Waals surface area contributed by atoms with Crippen LogP contribution in [0.3, 0.4) is 0 Å². The number of Topliss-reactive ketones (excluding diaryl/α,β-unsaturated/α-hetero) is 1. The lowest BCUT2D eigenvalue weighted by Gasteiger charge is -2.41. The Kier molecular flexibility index (Phi) is 21.5. The quantitative estimate of drug-likeness (QED) is 0.0440. The summed E-state index contributed by atoms with van der Waals surface area (Å²) in [5, 5.41) is 21.5. The van der Waals surface area contributed by atoms with Gasteiger partial charge in [-0.2, -0.15) is 24.9 Å². The molecule has 68 heavy (non-hydrogen) atoms. The first kappa shape index (κ1) is 55.9. The zero-order valence-electron chi connectivity index (χ0n) is 37.7. The average molecular weight is 979 g/mol. The lowest BCUT2D eigenvalue weighted by atomic mass is 9.83. The second kappa shape index (κ2) is 26.2. The van der Waals surface area contributed by atoms with Gasteiger partial charge in [0, 0.05) is 79.8 Å². The highest BCUT2D eigenvalue weighted by atomic mass is 32.2. The molecule has 6 N–H and O–H groups in total. The van der Waals surface area contributed by atoms with E-state index in [0.717, 1.165) is 46.5 Å². The normalized spacial score (nSPS) is 13.3. The lowest BCUT2D eigenvalue weighted by molar-refractivity contribution is -0.192. The van der Waals surface area contributed by atoms with Crippen LogP contribution in [-0.2, 0) is 44.9 Å². The standard InChI is InChI=1S/C44H54F2N6O8S.C2HF3O2/c1-44(2,3)43(35-23-30(32-24-31(45)12-13-33(32)46)26-50(35)25-29-9-5-4-6-10-29)51(21-8-19-47)41(58)28-61-22-18-37(54)49-34(14-17-42(59)60)36(53)11-7-20-48-38(55)27-52-39(56)15-16-40(52)57;3-2(4,5)1(6)7/h4-6,9-10,12-13,15-16,23-24,26,34,43H,7-8,11,14,17-22,25,27-28,47H2,1-3H3,(H,48,55)(H,49,54)(H,59,60);(H,6,7)/t34-,43-;/m0./s1. The van der Waals surface area contributed by atoms with Crippen LogP contribution in [0.2, 0.25) is 0 Å². The predicted octanol–water partition coefficient (Wildman–Crippen LogP) is 5.24. The number of carbonyl (C=O) groups excluding carboxylic acids is 6. The van der Waals surface area contributed by atoms with E-state index in [1.807, 2.05) is 55.7 Å². The number of alkyl halides is 3. The van der Waals surface area contributed by atoms with Crippen molar-refractivity contribution in [1.82, 2.24) is 25.0 Å². The van der Waals surface area contributed by atoms with Crippen LogP contribution in [0.4, 0.5) is 22.0 Å². The van der Waals surface area contributed by atoms with Gasteiger partial charge in [0.1, 0.15) is 18.2 Å². The summed E-state index contributed by atoms with van der Waals surface area (Å²) in [4.78, 5) is 98.6. The van der Waals surface area contributed by atoms with Crippen molar-refractivity contribution in [1.29, 1.82) is 0 Å². The Hall–Kier alpha value is -6.42. The van der Waals surface area contributed by atoms with Gasteiger partial charge in [-0.1, -0.05) is 51.1 Å². The van der Waals surface area contributed by atoms with Crippen molar-refractivity contribution in [3.05, 3.63) is 95.8 Å². The molecule has 0 saturated carbocycles. The molecule has 1 aliphatic heterocycles. The monoisotopic (exact) mass is 978 g/mol. The van der Waals surface area contributed by atoms with E-state index in [0.29, 0.717) is 31.6 Å². The Balaban J connectivity index is 0.00000162. The van der Waals surface area contributed by atoms with E-state index >= 15 is 4.39 Å². The van der Waals surface area contributed by atoms with Gasteiger partial charge in [-0.05, 0) is 61.1 Å². The SMILES string of the molecule is CC(C)(C)[C@H](c1cc(-c2cc(F)ccc2F)cn1Cc1ccccc1)N(CCCN)C(=O)CSCCC(=O)N[C@@H](CCC(=O)O)C(=O)CCCNC(=O)CN1C(=O)C=CC1=O.O=C(O)C(F)(F)F. The summed E-state index contributed by atoms with van der Waals surface area (Å²) < 4.78 is 63.2. The number of carboxylic acids is 2. The third kappa shape index (κ3) is 18.0. The maximum atomic E-state index is 15.1. The topological polar surface area (TPSA) is 239 Å². The molecule has 0 fully saturated rings. The molecular weight excluding hydrogens is 924 g/mol. The number of ketones is 1. The summed E-state index contributed by atoms with van der Waals surface area (Å²) >= 11 is 1.22. The van der Waals surface area contributed by atoms with Crippen LogP contribution in [0.25, 0.3) is 11.1 Å². The summed E-state index contributed by atoms with van der Waals surface area (Å²) in [6.07, 6.45) is -1.20. The fourth-order valence-electron chi connectivity index (χ4n) is 6.98. The zero-order chi connectivity index (χ0) is 50.8. The molecule has 2 heterocycles. The molecular formula is C46H55F5N6O10S. The Labute approximate surface area is 393 Å². The molecule has 22 heteroatoms. The van der Waals surface area contributed by atoms with E-state index in [2.05, 4.69) is 10.6 Å². The molecule has 16 nitrogen and oxygen atoms in total. The number of aromatic nitrogens is 1. The first-order valence-corrected chi connectivity index (χ1v) is 22.5. The van der Waals surface area contributed by atoms with Crippen molar-refractivity contribution in [3.63, 3.8) is 0 Å². The smallest absolute Gasteiger partial charge is 0.481 e. The molecule has 2 aromatic carbocycles. The summed E-state index contributed by atoms with van der Waals surface area (Å²) in [6, 6.07) is 13.1. The highest BCUT2D eigenvalue weighted by molar-refractivity contribution is 7.99.